The highest BCUT2D eigenvalue weighted by Crippen LogP contribution is 2.42. The predicted octanol–water partition coefficient (Wildman–Crippen LogP) is 14.6. The molecule has 294 valence electrons. The molecular weight excluding hydrogens is 771 g/mol. The summed E-state index contributed by atoms with van der Waals surface area (Å²) in [6.07, 6.45) is 0. The zero-order valence-corrected chi connectivity index (χ0v) is 33.9. The van der Waals surface area contributed by atoms with E-state index >= 15 is 0 Å². The number of para-hydroxylation sites is 3. The number of benzene rings is 9. The van der Waals surface area contributed by atoms with E-state index in [1.165, 1.54) is 22.1 Å². The summed E-state index contributed by atoms with van der Waals surface area (Å²) in [5, 5.41) is 6.64. The summed E-state index contributed by atoms with van der Waals surface area (Å²) in [6, 6.07) is 74.6. The third-order valence-electron chi connectivity index (χ3n) is 12.4. The Morgan fingerprint density at radius 1 is 0.302 bits per heavy atom. The zero-order chi connectivity index (χ0) is 41.4. The lowest BCUT2D eigenvalue weighted by Crippen LogP contribution is -2.07. The van der Waals surface area contributed by atoms with Crippen LogP contribution in [0.25, 0.3) is 122 Å². The molecule has 0 bridgehead atoms. The number of hydrogen-bond acceptors (Lipinski definition) is 4. The summed E-state index contributed by atoms with van der Waals surface area (Å²) in [5.74, 6) is 1.72. The average Bonchev–Trinajstić information content (AvgIpc) is 4.02. The summed E-state index contributed by atoms with van der Waals surface area (Å²) in [4.78, 5) is 15.9. The van der Waals surface area contributed by atoms with Gasteiger partial charge >= 0.3 is 0 Å². The second-order valence-corrected chi connectivity index (χ2v) is 16.0. The number of furan rings is 1. The van der Waals surface area contributed by atoms with E-state index in [9.17, 15) is 0 Å². The Hall–Kier alpha value is -8.61. The van der Waals surface area contributed by atoms with Gasteiger partial charge in [-0.1, -0.05) is 164 Å². The molecule has 0 spiro atoms. The molecule has 0 aliphatic heterocycles. The summed E-state index contributed by atoms with van der Waals surface area (Å²) < 4.78 is 10.9. The van der Waals surface area contributed by atoms with Gasteiger partial charge in [-0.25, -0.2) is 4.98 Å². The average molecular weight is 806 g/mol. The molecule has 4 aromatic heterocycles. The Kier molecular flexibility index (Phi) is 7.80. The van der Waals surface area contributed by atoms with Crippen LogP contribution < -0.4 is 0 Å². The van der Waals surface area contributed by atoms with Gasteiger partial charge in [0.15, 0.2) is 11.6 Å². The summed E-state index contributed by atoms with van der Waals surface area (Å²) in [5.41, 5.74) is 13.5. The van der Waals surface area contributed by atoms with Gasteiger partial charge in [-0.05, 0) is 70.8 Å². The highest BCUT2D eigenvalue weighted by molar-refractivity contribution is 6.23. The Balaban J connectivity index is 1.05. The maximum atomic E-state index is 6.22. The fourth-order valence-corrected chi connectivity index (χ4v) is 9.44. The second-order valence-electron chi connectivity index (χ2n) is 16.0. The maximum Gasteiger partial charge on any atom is 0.238 e. The first kappa shape index (κ1) is 35.2. The van der Waals surface area contributed by atoms with Crippen molar-refractivity contribution in [1.29, 1.82) is 0 Å². The van der Waals surface area contributed by atoms with Crippen molar-refractivity contribution in [2.75, 3.05) is 0 Å². The lowest BCUT2D eigenvalue weighted by Gasteiger charge is -2.14. The molecule has 6 nitrogen and oxygen atoms in total. The van der Waals surface area contributed by atoms with E-state index in [1.54, 1.807) is 0 Å². The van der Waals surface area contributed by atoms with Crippen molar-refractivity contribution >= 4 is 65.6 Å². The van der Waals surface area contributed by atoms with Gasteiger partial charge in [0.2, 0.25) is 5.95 Å². The molecule has 0 atom stereocenters. The van der Waals surface area contributed by atoms with E-state index in [2.05, 4.69) is 173 Å². The van der Waals surface area contributed by atoms with Crippen LogP contribution in [0.1, 0.15) is 0 Å². The smallest absolute Gasteiger partial charge is 0.238 e. The highest BCUT2D eigenvalue weighted by atomic mass is 16.3. The number of rotatable bonds is 6. The van der Waals surface area contributed by atoms with Crippen LogP contribution >= 0.6 is 0 Å². The monoisotopic (exact) mass is 805 g/mol. The van der Waals surface area contributed by atoms with Crippen LogP contribution in [0.4, 0.5) is 0 Å². The summed E-state index contributed by atoms with van der Waals surface area (Å²) in [7, 11) is 0. The topological polar surface area (TPSA) is 61.7 Å². The minimum Gasteiger partial charge on any atom is -0.456 e. The van der Waals surface area contributed by atoms with Gasteiger partial charge in [-0.2, -0.15) is 9.97 Å². The molecule has 13 aromatic rings. The first-order valence-corrected chi connectivity index (χ1v) is 21.2. The van der Waals surface area contributed by atoms with Crippen molar-refractivity contribution < 1.29 is 4.42 Å². The van der Waals surface area contributed by atoms with Crippen molar-refractivity contribution in [2.45, 2.75) is 0 Å². The van der Waals surface area contributed by atoms with E-state index in [0.717, 1.165) is 82.5 Å². The van der Waals surface area contributed by atoms with Crippen molar-refractivity contribution in [2.24, 2.45) is 0 Å². The molecule has 0 radical (unpaired) electrons. The Bertz CT molecular complexity index is 3880. The third-order valence-corrected chi connectivity index (χ3v) is 12.4. The Morgan fingerprint density at radius 3 is 1.41 bits per heavy atom. The van der Waals surface area contributed by atoms with Crippen LogP contribution in [-0.4, -0.2) is 24.1 Å². The van der Waals surface area contributed by atoms with Crippen molar-refractivity contribution in [1.82, 2.24) is 24.1 Å². The molecule has 0 fully saturated rings. The molecule has 63 heavy (non-hydrogen) atoms. The molecule has 0 saturated heterocycles. The van der Waals surface area contributed by atoms with Crippen LogP contribution in [0.15, 0.2) is 217 Å². The van der Waals surface area contributed by atoms with E-state index < -0.39 is 0 Å². The van der Waals surface area contributed by atoms with E-state index in [4.69, 9.17) is 19.4 Å². The van der Waals surface area contributed by atoms with Crippen molar-refractivity contribution in [3.05, 3.63) is 212 Å². The lowest BCUT2D eigenvalue weighted by atomic mass is 10.0. The van der Waals surface area contributed by atoms with Crippen LogP contribution in [0.5, 0.6) is 0 Å². The van der Waals surface area contributed by atoms with Crippen LogP contribution in [0.3, 0.4) is 0 Å². The zero-order valence-electron chi connectivity index (χ0n) is 33.9. The highest BCUT2D eigenvalue weighted by Gasteiger charge is 2.24. The number of fused-ring (bicyclic) bond motifs is 10. The van der Waals surface area contributed by atoms with E-state index in [0.29, 0.717) is 17.6 Å². The third kappa shape index (κ3) is 5.62. The first-order chi connectivity index (χ1) is 31.2. The van der Waals surface area contributed by atoms with Crippen molar-refractivity contribution in [3.63, 3.8) is 0 Å². The number of nitrogens with zero attached hydrogens (tertiary/aromatic N) is 5. The predicted molar refractivity (Wildman–Crippen MR) is 258 cm³/mol. The van der Waals surface area contributed by atoms with Crippen LogP contribution in [0.2, 0.25) is 0 Å². The van der Waals surface area contributed by atoms with Crippen molar-refractivity contribution in [3.8, 4) is 56.7 Å². The molecule has 9 aromatic carbocycles. The fraction of sp³-hybridized carbons (Fsp3) is 0. The fourth-order valence-electron chi connectivity index (χ4n) is 9.44. The largest absolute Gasteiger partial charge is 0.456 e. The summed E-state index contributed by atoms with van der Waals surface area (Å²) in [6.45, 7) is 0. The molecule has 13 rings (SSSR count). The van der Waals surface area contributed by atoms with Gasteiger partial charge in [-0.15, -0.1) is 0 Å². The molecule has 4 heterocycles. The second kappa shape index (κ2) is 14.0. The SMILES string of the molecule is c1ccc(-c2ccc(-c3ccc(-n4c5ccccc5c5ccc6c7ccccc7n(-c7nc(-c8ccccc8)nc(-c8ccc9oc%10ccccc%10c9c8)n7)c6c54)cc3)cc2)cc1. The minimum atomic E-state index is 0.542. The molecule has 0 unspecified atom stereocenters. The maximum absolute atomic E-state index is 6.22. The van der Waals surface area contributed by atoms with Gasteiger partial charge in [-0.3, -0.25) is 4.57 Å². The van der Waals surface area contributed by atoms with Crippen LogP contribution in [-0.2, 0) is 0 Å². The van der Waals surface area contributed by atoms with Gasteiger partial charge in [0, 0.05) is 49.1 Å². The molecular formula is C57H35N5O. The normalized spacial score (nSPS) is 11.8. The number of aromatic nitrogens is 5. The molecule has 6 heteroatoms. The lowest BCUT2D eigenvalue weighted by molar-refractivity contribution is 0.669. The molecule has 0 saturated carbocycles. The number of hydrogen-bond donors (Lipinski definition) is 0. The Morgan fingerprint density at radius 2 is 0.762 bits per heavy atom. The molecule has 0 aliphatic rings. The standard InChI is InChI=1S/C57H35N5O/c1-3-13-36(14-4-1)37-23-25-38(26-24-37)39-27-30-42(31-28-39)61-49-20-10-7-17-43(49)46-32-33-47-44-18-8-11-21-50(44)62(54(47)53(46)61)57-59-55(40-15-5-2-6-16-40)58-56(60-57)41-29-34-52-48(35-41)45-19-9-12-22-51(45)63-52/h1-35H. The quantitative estimate of drug-likeness (QED) is 0.168. The molecule has 0 amide bonds. The Labute approximate surface area is 361 Å². The van der Waals surface area contributed by atoms with E-state index in [-0.39, 0.29) is 0 Å². The van der Waals surface area contributed by atoms with Gasteiger partial charge in [0.05, 0.1) is 22.1 Å². The first-order valence-electron chi connectivity index (χ1n) is 21.2. The summed E-state index contributed by atoms with van der Waals surface area (Å²) >= 11 is 0. The van der Waals surface area contributed by atoms with Gasteiger partial charge in [0.25, 0.3) is 0 Å². The minimum absolute atomic E-state index is 0.542. The molecule has 0 N–H and O–H groups in total. The van der Waals surface area contributed by atoms with E-state index in [1.807, 2.05) is 48.5 Å². The van der Waals surface area contributed by atoms with Crippen LogP contribution in [0, 0.1) is 0 Å². The van der Waals surface area contributed by atoms with Gasteiger partial charge in [0.1, 0.15) is 11.2 Å². The molecule has 0 aliphatic carbocycles. The van der Waals surface area contributed by atoms with Gasteiger partial charge < -0.3 is 8.98 Å².